The minimum absolute atomic E-state index is 0.146. The molecule has 0 saturated heterocycles. The summed E-state index contributed by atoms with van der Waals surface area (Å²) in [7, 11) is 0. The van der Waals surface area contributed by atoms with Crippen LogP contribution in [-0.2, 0) is 0 Å². The molecule has 8 heteroatoms. The fraction of sp³-hybridized carbons (Fsp3) is 0.188. The molecular weight excluding hydrogens is 505 g/mol. The molecule has 1 aliphatic carbocycles. The van der Waals surface area contributed by atoms with Gasteiger partial charge < -0.3 is 26.0 Å². The molecule has 0 radical (unpaired) electrons. The van der Waals surface area contributed by atoms with Gasteiger partial charge in [0.1, 0.15) is 11.9 Å². The van der Waals surface area contributed by atoms with Gasteiger partial charge in [-0.2, -0.15) is 5.26 Å². The Morgan fingerprint density at radius 1 is 0.950 bits per heavy atom. The summed E-state index contributed by atoms with van der Waals surface area (Å²) in [6.07, 6.45) is 2.88. The van der Waals surface area contributed by atoms with Crippen LogP contribution in [0.1, 0.15) is 41.6 Å². The zero-order valence-corrected chi connectivity index (χ0v) is 21.7. The molecule has 7 nitrogen and oxygen atoms in total. The molecular formula is C32H28FN5O2. The van der Waals surface area contributed by atoms with Crippen molar-refractivity contribution in [1.29, 1.82) is 5.26 Å². The van der Waals surface area contributed by atoms with E-state index in [4.69, 9.17) is 5.73 Å². The second-order valence-electron chi connectivity index (χ2n) is 10.2. The van der Waals surface area contributed by atoms with Gasteiger partial charge in [0, 0.05) is 28.1 Å². The molecule has 200 valence electrons. The minimum Gasteiger partial charge on any atom is -0.397 e. The molecule has 1 aromatic heterocycles. The van der Waals surface area contributed by atoms with E-state index in [2.05, 4.69) is 21.3 Å². The van der Waals surface area contributed by atoms with Crippen molar-refractivity contribution in [2.45, 2.75) is 37.8 Å². The first-order valence-corrected chi connectivity index (χ1v) is 13.3. The van der Waals surface area contributed by atoms with Crippen LogP contribution in [0.2, 0.25) is 0 Å². The number of carbonyl (C=O) groups excluding carboxylic acids is 1. The average Bonchev–Trinajstić information content (AvgIpc) is 3.30. The minimum atomic E-state index is -0.474. The van der Waals surface area contributed by atoms with Crippen LogP contribution in [-0.4, -0.2) is 27.7 Å². The molecule has 1 heterocycles. The Morgan fingerprint density at radius 2 is 1.73 bits per heavy atom. The summed E-state index contributed by atoms with van der Waals surface area (Å²) in [5, 5.41) is 27.7. The SMILES string of the molecule is N#Cc1ccc(-n2c3ccccc3c3c(C(=O)Nc4ccc(F)cc4N)cccc32)cc1NC1CCC(O)CC1. The highest BCUT2D eigenvalue weighted by Crippen LogP contribution is 2.36. The number of rotatable bonds is 5. The summed E-state index contributed by atoms with van der Waals surface area (Å²) >= 11 is 0. The summed E-state index contributed by atoms with van der Waals surface area (Å²) < 4.78 is 15.6. The Morgan fingerprint density at radius 3 is 2.50 bits per heavy atom. The number of anilines is 3. The maximum atomic E-state index is 13.5. The van der Waals surface area contributed by atoms with Crippen LogP contribution in [0.25, 0.3) is 27.5 Å². The highest BCUT2D eigenvalue weighted by Gasteiger charge is 2.22. The van der Waals surface area contributed by atoms with Crippen LogP contribution in [0.15, 0.2) is 78.9 Å². The summed E-state index contributed by atoms with van der Waals surface area (Å²) in [6, 6.07) is 25.5. The van der Waals surface area contributed by atoms with Crippen molar-refractivity contribution in [1.82, 2.24) is 4.57 Å². The highest BCUT2D eigenvalue weighted by atomic mass is 19.1. The number of nitrogens with two attached hydrogens (primary N) is 1. The zero-order chi connectivity index (χ0) is 27.8. The van der Waals surface area contributed by atoms with Gasteiger partial charge in [0.15, 0.2) is 0 Å². The van der Waals surface area contributed by atoms with E-state index in [1.807, 2.05) is 54.6 Å². The molecule has 5 N–H and O–H groups in total. The quantitative estimate of drug-likeness (QED) is 0.197. The zero-order valence-electron chi connectivity index (χ0n) is 21.7. The van der Waals surface area contributed by atoms with Crippen molar-refractivity contribution in [3.8, 4) is 11.8 Å². The molecule has 1 amide bonds. The van der Waals surface area contributed by atoms with Gasteiger partial charge in [-0.1, -0.05) is 24.3 Å². The molecule has 40 heavy (non-hydrogen) atoms. The van der Waals surface area contributed by atoms with Crippen LogP contribution in [0, 0.1) is 17.1 Å². The van der Waals surface area contributed by atoms with E-state index in [9.17, 15) is 19.6 Å². The Labute approximate surface area is 230 Å². The molecule has 0 atom stereocenters. The van der Waals surface area contributed by atoms with E-state index < -0.39 is 5.82 Å². The third-order valence-electron chi connectivity index (χ3n) is 7.64. The Balaban J connectivity index is 1.46. The summed E-state index contributed by atoms with van der Waals surface area (Å²) in [6.45, 7) is 0. The number of aliphatic hydroxyl groups excluding tert-OH is 1. The second-order valence-corrected chi connectivity index (χ2v) is 10.2. The number of aliphatic hydroxyl groups is 1. The molecule has 6 rings (SSSR count). The number of halogens is 1. The molecule has 1 saturated carbocycles. The normalized spacial score (nSPS) is 17.0. The van der Waals surface area contributed by atoms with Gasteiger partial charge in [-0.25, -0.2) is 4.39 Å². The monoisotopic (exact) mass is 533 g/mol. The number of nitrogens with one attached hydrogen (secondary N) is 2. The van der Waals surface area contributed by atoms with Gasteiger partial charge >= 0.3 is 0 Å². The predicted octanol–water partition coefficient (Wildman–Crippen LogP) is 6.34. The number of nitrogen functional groups attached to an aromatic ring is 1. The first-order valence-electron chi connectivity index (χ1n) is 13.3. The van der Waals surface area contributed by atoms with Gasteiger partial charge in [0.2, 0.25) is 0 Å². The third kappa shape index (κ3) is 4.61. The maximum Gasteiger partial charge on any atom is 0.256 e. The Bertz CT molecular complexity index is 1800. The molecule has 0 unspecified atom stereocenters. The van der Waals surface area contributed by atoms with Gasteiger partial charge in [0.25, 0.3) is 5.91 Å². The smallest absolute Gasteiger partial charge is 0.256 e. The first-order chi connectivity index (χ1) is 19.4. The molecule has 5 aromatic rings. The van der Waals surface area contributed by atoms with E-state index in [1.165, 1.54) is 18.2 Å². The summed E-state index contributed by atoms with van der Waals surface area (Å²) in [5.41, 5.74) is 10.8. The largest absolute Gasteiger partial charge is 0.397 e. The number of aromatic nitrogens is 1. The fourth-order valence-electron chi connectivity index (χ4n) is 5.65. The van der Waals surface area contributed by atoms with E-state index >= 15 is 0 Å². The van der Waals surface area contributed by atoms with Crippen LogP contribution in [0.5, 0.6) is 0 Å². The molecule has 0 bridgehead atoms. The second kappa shape index (κ2) is 10.4. The lowest BCUT2D eigenvalue weighted by atomic mass is 9.93. The average molecular weight is 534 g/mol. The lowest BCUT2D eigenvalue weighted by Crippen LogP contribution is -2.28. The number of carbonyl (C=O) groups is 1. The molecule has 1 fully saturated rings. The predicted molar refractivity (Wildman–Crippen MR) is 156 cm³/mol. The number of nitrogens with zero attached hydrogens (tertiary/aromatic N) is 2. The van der Waals surface area contributed by atoms with Gasteiger partial charge in [-0.05, 0) is 80.3 Å². The van der Waals surface area contributed by atoms with Crippen LogP contribution in [0.3, 0.4) is 0 Å². The van der Waals surface area contributed by atoms with Crippen LogP contribution in [0.4, 0.5) is 21.5 Å². The number of hydrogen-bond donors (Lipinski definition) is 4. The van der Waals surface area contributed by atoms with E-state index in [1.54, 1.807) is 6.07 Å². The summed E-state index contributed by atoms with van der Waals surface area (Å²) in [4.78, 5) is 13.5. The first kappa shape index (κ1) is 25.4. The number of hydrogen-bond acceptors (Lipinski definition) is 5. The van der Waals surface area contributed by atoms with E-state index in [0.29, 0.717) is 16.8 Å². The fourth-order valence-corrected chi connectivity index (χ4v) is 5.65. The number of para-hydroxylation sites is 1. The van der Waals surface area contributed by atoms with Gasteiger partial charge in [0.05, 0.1) is 39.8 Å². The highest BCUT2D eigenvalue weighted by molar-refractivity contribution is 6.21. The van der Waals surface area contributed by atoms with E-state index in [-0.39, 0.29) is 23.7 Å². The number of amides is 1. The molecule has 0 spiro atoms. The molecule has 1 aliphatic rings. The van der Waals surface area contributed by atoms with Crippen molar-refractivity contribution in [3.05, 3.63) is 95.8 Å². The van der Waals surface area contributed by atoms with E-state index in [0.717, 1.165) is 58.9 Å². The maximum absolute atomic E-state index is 13.5. The van der Waals surface area contributed by atoms with Crippen molar-refractivity contribution >= 4 is 44.8 Å². The third-order valence-corrected chi connectivity index (χ3v) is 7.64. The lowest BCUT2D eigenvalue weighted by Gasteiger charge is -2.27. The number of fused-ring (bicyclic) bond motifs is 3. The van der Waals surface area contributed by atoms with Crippen molar-refractivity contribution in [2.24, 2.45) is 0 Å². The van der Waals surface area contributed by atoms with Crippen molar-refractivity contribution in [2.75, 3.05) is 16.4 Å². The number of benzene rings is 4. The van der Waals surface area contributed by atoms with Gasteiger partial charge in [-0.3, -0.25) is 4.79 Å². The Hall–Kier alpha value is -4.87. The lowest BCUT2D eigenvalue weighted by molar-refractivity contribution is 0.102. The van der Waals surface area contributed by atoms with Crippen LogP contribution >= 0.6 is 0 Å². The molecule has 0 aliphatic heterocycles. The number of nitriles is 1. The standard InChI is InChI=1S/C32H28FN5O2/c33-20-9-15-27(26(35)16-20)37-32(40)25-5-3-7-30-31(25)24-4-1-2-6-29(24)38(30)22-12-8-19(18-34)28(17-22)36-21-10-13-23(39)14-11-21/h1-9,12,15-17,21,23,36,39H,10-11,13-14,35H2,(H,37,40). The summed E-state index contributed by atoms with van der Waals surface area (Å²) in [5.74, 6) is -0.827. The van der Waals surface area contributed by atoms with Crippen molar-refractivity contribution in [3.63, 3.8) is 0 Å². The van der Waals surface area contributed by atoms with Crippen LogP contribution < -0.4 is 16.4 Å². The molecule has 4 aromatic carbocycles. The van der Waals surface area contributed by atoms with Gasteiger partial charge in [-0.15, -0.1) is 0 Å². The van der Waals surface area contributed by atoms with Crippen molar-refractivity contribution < 1.29 is 14.3 Å². The topological polar surface area (TPSA) is 116 Å². The Kier molecular flexibility index (Phi) is 6.58.